The van der Waals surface area contributed by atoms with Gasteiger partial charge in [0.1, 0.15) is 11.3 Å². The molecular weight excluding hydrogens is 586 g/mol. The quantitative estimate of drug-likeness (QED) is 0.173. The first-order valence-electron chi connectivity index (χ1n) is 10.5. The molecule has 1 fully saturated rings. The maximum atomic E-state index is 13.2. The van der Waals surface area contributed by atoms with Crippen LogP contribution < -0.4 is 15.0 Å². The zero-order chi connectivity index (χ0) is 28.4. The molecule has 4 rings (SSSR count). The number of benzene rings is 3. The number of imide groups is 2. The third-order valence-electron chi connectivity index (χ3n) is 5.24. The van der Waals surface area contributed by atoms with Gasteiger partial charge in [-0.05, 0) is 36.4 Å². The van der Waals surface area contributed by atoms with Crippen molar-refractivity contribution in [2.24, 2.45) is 0 Å². The van der Waals surface area contributed by atoms with Crippen LogP contribution in [0.4, 0.5) is 27.5 Å². The third kappa shape index (κ3) is 5.44. The summed E-state index contributed by atoms with van der Waals surface area (Å²) in [5.41, 5.74) is -2.31. The molecule has 0 aromatic heterocycles. The Kier molecular flexibility index (Phi) is 7.12. The van der Waals surface area contributed by atoms with Crippen molar-refractivity contribution in [1.29, 1.82) is 0 Å². The number of halogens is 1. The van der Waals surface area contributed by atoms with Crippen molar-refractivity contribution in [1.82, 2.24) is 5.32 Å². The molecule has 0 spiro atoms. The zero-order valence-electron chi connectivity index (χ0n) is 19.1. The van der Waals surface area contributed by atoms with E-state index in [1.54, 1.807) is 0 Å². The molecule has 1 N–H and O–H groups in total. The summed E-state index contributed by atoms with van der Waals surface area (Å²) in [7, 11) is 0. The maximum Gasteiger partial charge on any atom is 0.335 e. The van der Waals surface area contributed by atoms with Crippen LogP contribution in [0.15, 0.2) is 70.7 Å². The molecule has 0 unspecified atom stereocenters. The summed E-state index contributed by atoms with van der Waals surface area (Å²) in [4.78, 5) is 70.1. The van der Waals surface area contributed by atoms with Crippen LogP contribution in [0.3, 0.4) is 0 Å². The van der Waals surface area contributed by atoms with Crippen LogP contribution in [0.1, 0.15) is 5.56 Å². The molecule has 0 bridgehead atoms. The second-order valence-electron chi connectivity index (χ2n) is 7.69. The minimum absolute atomic E-state index is 0.0591. The molecule has 4 amide bonds. The number of barbiturate groups is 1. The monoisotopic (exact) mass is 597 g/mol. The molecule has 0 saturated carbocycles. The van der Waals surface area contributed by atoms with E-state index in [9.17, 15) is 44.7 Å². The van der Waals surface area contributed by atoms with Gasteiger partial charge >= 0.3 is 11.7 Å². The van der Waals surface area contributed by atoms with Crippen LogP contribution in [0.25, 0.3) is 6.08 Å². The molecular formula is C23H12BrN5O10. The van der Waals surface area contributed by atoms with Crippen molar-refractivity contribution in [3.8, 4) is 11.5 Å². The molecule has 196 valence electrons. The summed E-state index contributed by atoms with van der Waals surface area (Å²) >= 11 is 3.24. The Morgan fingerprint density at radius 2 is 1.49 bits per heavy atom. The van der Waals surface area contributed by atoms with Gasteiger partial charge in [-0.25, -0.2) is 9.69 Å². The molecule has 15 nitrogen and oxygen atoms in total. The van der Waals surface area contributed by atoms with Crippen LogP contribution in [0.2, 0.25) is 0 Å². The first kappa shape index (κ1) is 26.6. The molecule has 39 heavy (non-hydrogen) atoms. The Morgan fingerprint density at radius 1 is 0.821 bits per heavy atom. The van der Waals surface area contributed by atoms with E-state index in [2.05, 4.69) is 15.9 Å². The minimum atomic E-state index is -1.13. The molecule has 1 saturated heterocycles. The summed E-state index contributed by atoms with van der Waals surface area (Å²) in [6, 6.07) is 10.5. The lowest BCUT2D eigenvalue weighted by molar-refractivity contribution is -0.394. The number of urea groups is 1. The molecule has 0 radical (unpaired) electrons. The fourth-order valence-electron chi connectivity index (χ4n) is 3.48. The molecule has 3 aromatic rings. The highest BCUT2D eigenvalue weighted by atomic mass is 79.9. The van der Waals surface area contributed by atoms with Crippen molar-refractivity contribution in [3.63, 3.8) is 0 Å². The number of hydrogen-bond acceptors (Lipinski definition) is 10. The number of carbonyl (C=O) groups excluding carboxylic acids is 3. The topological polar surface area (TPSA) is 205 Å². The van der Waals surface area contributed by atoms with E-state index in [0.29, 0.717) is 15.4 Å². The van der Waals surface area contributed by atoms with E-state index in [0.717, 1.165) is 30.3 Å². The van der Waals surface area contributed by atoms with Gasteiger partial charge < -0.3 is 4.74 Å². The number of amides is 4. The van der Waals surface area contributed by atoms with Gasteiger partial charge in [0.25, 0.3) is 23.2 Å². The lowest BCUT2D eigenvalue weighted by Crippen LogP contribution is -2.54. The van der Waals surface area contributed by atoms with Crippen molar-refractivity contribution in [2.45, 2.75) is 0 Å². The minimum Gasteiger partial charge on any atom is -0.449 e. The number of nitro benzene ring substituents is 3. The van der Waals surface area contributed by atoms with Crippen LogP contribution in [0, 0.1) is 30.3 Å². The number of hydrogen-bond donors (Lipinski definition) is 1. The number of anilines is 1. The lowest BCUT2D eigenvalue weighted by Gasteiger charge is -2.26. The average molecular weight is 598 g/mol. The number of nitrogens with zero attached hydrogens (tertiary/aromatic N) is 4. The van der Waals surface area contributed by atoms with Gasteiger partial charge in [0.05, 0.1) is 26.5 Å². The van der Waals surface area contributed by atoms with Crippen molar-refractivity contribution < 1.29 is 33.9 Å². The number of nitrogens with one attached hydrogen (secondary N) is 1. The highest BCUT2D eigenvalue weighted by molar-refractivity contribution is 9.10. The van der Waals surface area contributed by atoms with Gasteiger partial charge in [-0.1, -0.05) is 22.0 Å². The number of rotatable bonds is 7. The second kappa shape index (κ2) is 10.5. The van der Waals surface area contributed by atoms with Gasteiger partial charge in [0.15, 0.2) is 0 Å². The molecule has 3 aromatic carbocycles. The van der Waals surface area contributed by atoms with Crippen molar-refractivity contribution in [3.05, 3.63) is 107 Å². The zero-order valence-corrected chi connectivity index (χ0v) is 20.7. The van der Waals surface area contributed by atoms with Gasteiger partial charge in [-0.2, -0.15) is 0 Å². The molecule has 0 atom stereocenters. The summed E-state index contributed by atoms with van der Waals surface area (Å²) < 4.78 is 6.10. The predicted octanol–water partition coefficient (Wildman–Crippen LogP) is 4.63. The summed E-state index contributed by atoms with van der Waals surface area (Å²) in [5, 5.41) is 35.6. The molecule has 1 heterocycles. The fraction of sp³-hybridized carbons (Fsp3) is 0. The molecule has 16 heteroatoms. The van der Waals surface area contributed by atoms with E-state index in [-0.39, 0.29) is 22.7 Å². The largest absolute Gasteiger partial charge is 0.449 e. The van der Waals surface area contributed by atoms with Crippen LogP contribution >= 0.6 is 15.9 Å². The van der Waals surface area contributed by atoms with Gasteiger partial charge in [0, 0.05) is 28.2 Å². The summed E-state index contributed by atoms with van der Waals surface area (Å²) in [5.74, 6) is -2.61. The first-order chi connectivity index (χ1) is 18.5. The van der Waals surface area contributed by atoms with Crippen LogP contribution in [-0.4, -0.2) is 32.6 Å². The summed E-state index contributed by atoms with van der Waals surface area (Å²) in [6.45, 7) is 0. The van der Waals surface area contributed by atoms with Crippen molar-refractivity contribution >= 4 is 62.6 Å². The van der Waals surface area contributed by atoms with Crippen LogP contribution in [-0.2, 0) is 9.59 Å². The third-order valence-corrected chi connectivity index (χ3v) is 5.74. The fourth-order valence-corrected chi connectivity index (χ4v) is 3.86. The number of nitro groups is 3. The highest BCUT2D eigenvalue weighted by Crippen LogP contribution is 2.37. The summed E-state index contributed by atoms with van der Waals surface area (Å²) in [6.07, 6.45) is 1.06. The Labute approximate surface area is 224 Å². The number of carbonyl (C=O) groups is 3. The lowest BCUT2D eigenvalue weighted by atomic mass is 10.1. The van der Waals surface area contributed by atoms with E-state index in [1.165, 1.54) is 30.3 Å². The molecule has 1 aliphatic heterocycles. The number of ether oxygens (including phenoxy) is 1. The number of non-ortho nitro benzene ring substituents is 2. The second-order valence-corrected chi connectivity index (χ2v) is 8.60. The Bertz CT molecular complexity index is 1640. The van der Waals surface area contributed by atoms with Gasteiger partial charge in [-0.3, -0.25) is 45.2 Å². The Morgan fingerprint density at radius 3 is 2.15 bits per heavy atom. The maximum absolute atomic E-state index is 13.2. The van der Waals surface area contributed by atoms with E-state index in [1.807, 2.05) is 5.32 Å². The van der Waals surface area contributed by atoms with E-state index in [4.69, 9.17) is 4.74 Å². The molecule has 1 aliphatic rings. The van der Waals surface area contributed by atoms with Gasteiger partial charge in [-0.15, -0.1) is 0 Å². The first-order valence-corrected chi connectivity index (χ1v) is 11.3. The smallest absolute Gasteiger partial charge is 0.335 e. The average Bonchev–Trinajstić information content (AvgIpc) is 2.88. The Hall–Kier alpha value is -5.51. The van der Waals surface area contributed by atoms with E-state index >= 15 is 0 Å². The van der Waals surface area contributed by atoms with Gasteiger partial charge in [0.2, 0.25) is 5.75 Å². The predicted molar refractivity (Wildman–Crippen MR) is 136 cm³/mol. The Balaban J connectivity index is 1.77. The van der Waals surface area contributed by atoms with E-state index < -0.39 is 55.3 Å². The highest BCUT2D eigenvalue weighted by Gasteiger charge is 2.37. The molecule has 0 aliphatic carbocycles. The SMILES string of the molecule is O=C1NC(=O)N(c2cccc([N+](=O)[O-])c2)C(=O)/C1=C/c1cc(Br)ccc1Oc1ccc([N+](=O)[O-])cc1[N+](=O)[O-]. The van der Waals surface area contributed by atoms with Crippen molar-refractivity contribution in [2.75, 3.05) is 4.90 Å². The van der Waals surface area contributed by atoms with Crippen LogP contribution in [0.5, 0.6) is 11.5 Å². The standard InChI is InChI=1S/C23H12BrN5O10/c24-13-4-6-19(39-20-7-5-16(28(35)36)11-18(20)29(37)38)12(8-13)9-17-21(30)25-23(32)26(22(17)31)14-2-1-3-15(10-14)27(33)34/h1-11H,(H,25,30,32)/b17-9+. The normalized spacial score (nSPS) is 14.2.